The molecule has 7 unspecified atom stereocenters. The number of nitrogen functional groups attached to an aromatic ring is 1. The number of hydrogen-bond acceptors (Lipinski definition) is 19. The third-order valence-electron chi connectivity index (χ3n) is 8.49. The number of carbonyl (C=O) groups is 4. The molecule has 25 nitrogen and oxygen atoms in total. The summed E-state index contributed by atoms with van der Waals surface area (Å²) >= 11 is 1.03. The number of rotatable bonds is 25. The van der Waals surface area contributed by atoms with Gasteiger partial charge in [-0.1, -0.05) is 46.4 Å². The first-order valence-corrected chi connectivity index (χ1v) is 23.8. The molecule has 3 rings (SSSR count). The number of ether oxygens (including phenoxy) is 1. The Morgan fingerprint density at radius 1 is 0.983 bits per heavy atom. The maximum Gasteiger partial charge on any atom is 0.481 e. The minimum absolute atomic E-state index is 0.0256. The predicted molar refractivity (Wildman–Crippen MR) is 210 cm³/mol. The Kier molecular flexibility index (Phi) is 18.9. The number of hydrogen-bond donors (Lipinski definition) is 9. The third kappa shape index (κ3) is 16.5. The number of aromatic nitrogens is 4. The summed E-state index contributed by atoms with van der Waals surface area (Å²) in [5, 5.41) is 26.3. The molecule has 60 heavy (non-hydrogen) atoms. The lowest BCUT2D eigenvalue weighted by molar-refractivity contribution is -0.137. The number of aliphatic hydroxyl groups is 2. The minimum atomic E-state index is -5.58. The summed E-state index contributed by atoms with van der Waals surface area (Å²) < 4.78 is 62.2. The minimum Gasteiger partial charge on any atom is -0.386 e. The van der Waals surface area contributed by atoms with E-state index in [9.17, 15) is 62.7 Å². The van der Waals surface area contributed by atoms with Crippen molar-refractivity contribution < 1.29 is 85.3 Å². The number of ketones is 1. The summed E-state index contributed by atoms with van der Waals surface area (Å²) in [5.74, 6) is -0.952. The van der Waals surface area contributed by atoms with Crippen LogP contribution in [-0.4, -0.2) is 128 Å². The molecule has 340 valence electrons. The van der Waals surface area contributed by atoms with Crippen molar-refractivity contribution in [1.29, 1.82) is 0 Å². The summed E-state index contributed by atoms with van der Waals surface area (Å²) in [4.78, 5) is 100.0. The van der Waals surface area contributed by atoms with Gasteiger partial charge in [0.1, 0.15) is 42.0 Å². The third-order valence-corrected chi connectivity index (χ3v) is 12.5. The highest BCUT2D eigenvalue weighted by Gasteiger charge is 2.50. The van der Waals surface area contributed by atoms with Crippen LogP contribution in [0.1, 0.15) is 66.5 Å². The summed E-state index contributed by atoms with van der Waals surface area (Å²) in [6.07, 6.45) is -5.98. The van der Waals surface area contributed by atoms with Gasteiger partial charge in [0, 0.05) is 49.9 Å². The van der Waals surface area contributed by atoms with Gasteiger partial charge in [-0.25, -0.2) is 28.6 Å². The first-order chi connectivity index (χ1) is 27.7. The molecule has 3 heterocycles. The van der Waals surface area contributed by atoms with Crippen molar-refractivity contribution in [2.45, 2.75) is 90.9 Å². The van der Waals surface area contributed by atoms with Gasteiger partial charge in [-0.2, -0.15) is 4.31 Å². The summed E-state index contributed by atoms with van der Waals surface area (Å²) in [6.45, 7) is 6.11. The van der Waals surface area contributed by atoms with Crippen molar-refractivity contribution in [3.8, 4) is 0 Å². The topological polar surface area (TPSA) is 381 Å². The molecule has 2 aromatic heterocycles. The van der Waals surface area contributed by atoms with Crippen LogP contribution in [0.2, 0.25) is 0 Å². The van der Waals surface area contributed by atoms with Gasteiger partial charge in [-0.3, -0.25) is 37.3 Å². The second kappa shape index (κ2) is 22.0. The van der Waals surface area contributed by atoms with Crippen molar-refractivity contribution in [2.75, 3.05) is 37.8 Å². The van der Waals surface area contributed by atoms with Crippen LogP contribution in [0.4, 0.5) is 5.82 Å². The fraction of sp³-hybridized carbons (Fsp3) is 0.710. The maximum absolute atomic E-state index is 12.7. The quantitative estimate of drug-likeness (QED) is 0.0488. The van der Waals surface area contributed by atoms with Crippen LogP contribution in [0.15, 0.2) is 12.7 Å². The number of phosphoric acid groups is 3. The zero-order valence-corrected chi connectivity index (χ0v) is 36.8. The van der Waals surface area contributed by atoms with Gasteiger partial charge in [0.25, 0.3) is 0 Å². The van der Waals surface area contributed by atoms with Gasteiger partial charge >= 0.3 is 23.5 Å². The van der Waals surface area contributed by atoms with Crippen LogP contribution in [0.3, 0.4) is 0 Å². The van der Waals surface area contributed by atoms with E-state index in [0.717, 1.165) is 29.0 Å². The van der Waals surface area contributed by atoms with E-state index in [1.807, 2.05) is 20.8 Å². The number of nitrogens with two attached hydrogens (primary N) is 1. The fourth-order valence-electron chi connectivity index (χ4n) is 5.64. The zero-order valence-electron chi connectivity index (χ0n) is 33.3. The standard InChI is InChI=1S/C31H52N7O18P3S/c1-17(2)10-19(39)11-18(3)12-22(41)60-9-8-33-21(40)6-7-34-29(44)26(43)31(4,5)14-53-59(50,51)56-58(48,49)52-13-20-25(55-57(45,46)47)24(42)30(54-20)38-16-37-23-27(32)35-15-36-28(23)38/h15-18,20,24-26,30,42-43H,6-14H2,1-5H3,(H,33,40)(H,34,44)(H,48,49)(H,50,51)(H2,32,35,36)(H2,45,46,47)/t18-,20?,24?,25?,26?,30?/m0/s1. The van der Waals surface area contributed by atoms with Gasteiger partial charge in [-0.15, -0.1) is 0 Å². The fourth-order valence-corrected chi connectivity index (χ4v) is 9.30. The molecule has 0 bridgehead atoms. The second-order valence-corrected chi connectivity index (χ2v) is 20.3. The summed E-state index contributed by atoms with van der Waals surface area (Å²) in [5.41, 5.74) is 4.24. The largest absolute Gasteiger partial charge is 0.481 e. The molecule has 8 atom stereocenters. The van der Waals surface area contributed by atoms with Gasteiger partial charge in [-0.05, 0) is 11.8 Å². The SMILES string of the molecule is CC(C)CC(=O)C[C@H](C)CC(=O)SCCNC(=O)CCNC(=O)C(O)C(C)(C)COP(=O)(O)OP(=O)(O)OCC1OC(n2cnc3c(N)ncnc32)C(O)C1OP(=O)(O)O. The number of nitrogens with one attached hydrogen (secondary N) is 2. The van der Waals surface area contributed by atoms with Crippen LogP contribution in [-0.2, 0) is 55.5 Å². The van der Waals surface area contributed by atoms with E-state index in [4.69, 9.17) is 19.5 Å². The molecule has 29 heteroatoms. The van der Waals surface area contributed by atoms with E-state index in [1.165, 1.54) is 13.8 Å². The van der Waals surface area contributed by atoms with Crippen molar-refractivity contribution in [3.05, 3.63) is 12.7 Å². The maximum atomic E-state index is 12.7. The molecule has 2 aromatic rings. The number of fused-ring (bicyclic) bond motifs is 1. The van der Waals surface area contributed by atoms with E-state index < -0.39 is 84.6 Å². The van der Waals surface area contributed by atoms with E-state index in [2.05, 4.69) is 34.4 Å². The molecule has 10 N–H and O–H groups in total. The highest BCUT2D eigenvalue weighted by Crippen LogP contribution is 2.61. The van der Waals surface area contributed by atoms with Crippen LogP contribution in [0.25, 0.3) is 11.2 Å². The number of anilines is 1. The Morgan fingerprint density at radius 3 is 2.30 bits per heavy atom. The van der Waals surface area contributed by atoms with Crippen molar-refractivity contribution >= 4 is 74.9 Å². The van der Waals surface area contributed by atoms with E-state index in [-0.39, 0.29) is 65.6 Å². The molecule has 1 saturated heterocycles. The smallest absolute Gasteiger partial charge is 0.386 e. The number of amides is 2. The molecule has 0 aliphatic carbocycles. The van der Waals surface area contributed by atoms with Crippen LogP contribution < -0.4 is 16.4 Å². The van der Waals surface area contributed by atoms with Gasteiger partial charge in [0.2, 0.25) is 11.8 Å². The van der Waals surface area contributed by atoms with Crippen LogP contribution in [0.5, 0.6) is 0 Å². The molecule has 0 saturated carbocycles. The first kappa shape index (κ1) is 51.6. The molecule has 1 fully saturated rings. The first-order valence-electron chi connectivity index (χ1n) is 18.3. The number of aliphatic hydroxyl groups excluding tert-OH is 2. The van der Waals surface area contributed by atoms with Crippen molar-refractivity contribution in [3.63, 3.8) is 0 Å². The molecular formula is C31H52N7O18P3S. The normalized spacial score (nSPS) is 21.6. The van der Waals surface area contributed by atoms with Gasteiger partial charge in [0.05, 0.1) is 19.5 Å². The number of carbonyl (C=O) groups excluding carboxylic acids is 4. The number of imidazole rings is 1. The highest BCUT2D eigenvalue weighted by atomic mass is 32.2. The number of phosphoric ester groups is 3. The van der Waals surface area contributed by atoms with Gasteiger partial charge < -0.3 is 50.9 Å². The number of Topliss-reactive ketones (excluding diaryl/α,β-unsaturated/α-hetero) is 1. The Labute approximate surface area is 348 Å². The van der Waals surface area contributed by atoms with Crippen LogP contribution >= 0.6 is 35.2 Å². The lowest BCUT2D eigenvalue weighted by Gasteiger charge is -2.30. The Balaban J connectivity index is 1.44. The molecule has 0 aromatic carbocycles. The monoisotopic (exact) mass is 935 g/mol. The Bertz CT molecular complexity index is 1970. The highest BCUT2D eigenvalue weighted by molar-refractivity contribution is 8.13. The summed E-state index contributed by atoms with van der Waals surface area (Å²) in [6, 6.07) is 0. The average Bonchev–Trinajstić information content (AvgIpc) is 3.67. The molecule has 0 spiro atoms. The van der Waals surface area contributed by atoms with Crippen LogP contribution in [0, 0.1) is 17.3 Å². The molecule has 1 aliphatic rings. The van der Waals surface area contributed by atoms with E-state index in [1.54, 1.807) is 0 Å². The number of thioether (sulfide) groups is 1. The molecule has 1 aliphatic heterocycles. The Morgan fingerprint density at radius 2 is 1.65 bits per heavy atom. The molecule has 0 radical (unpaired) electrons. The average molecular weight is 936 g/mol. The second-order valence-electron chi connectivity index (χ2n) is 14.9. The van der Waals surface area contributed by atoms with Crippen molar-refractivity contribution in [2.24, 2.45) is 17.3 Å². The lowest BCUT2D eigenvalue weighted by atomic mass is 9.87. The van der Waals surface area contributed by atoms with E-state index in [0.29, 0.717) is 18.6 Å². The predicted octanol–water partition coefficient (Wildman–Crippen LogP) is 0.696. The van der Waals surface area contributed by atoms with Crippen molar-refractivity contribution in [1.82, 2.24) is 30.2 Å². The zero-order chi connectivity index (χ0) is 45.2. The summed E-state index contributed by atoms with van der Waals surface area (Å²) in [7, 11) is -16.4. The Hall–Kier alpha value is -2.77. The molecular weight excluding hydrogens is 883 g/mol. The van der Waals surface area contributed by atoms with E-state index >= 15 is 0 Å². The van der Waals surface area contributed by atoms with Gasteiger partial charge in [0.15, 0.2) is 22.8 Å². The number of nitrogens with zero attached hydrogens (tertiary/aromatic N) is 4. The lowest BCUT2D eigenvalue weighted by Crippen LogP contribution is -2.46. The molecule has 2 amide bonds.